The van der Waals surface area contributed by atoms with Crippen molar-refractivity contribution in [3.05, 3.63) is 0 Å². The molecule has 1 unspecified atom stereocenters. The Morgan fingerprint density at radius 3 is 2.45 bits per heavy atom. The van der Waals surface area contributed by atoms with E-state index in [1.165, 1.54) is 39.2 Å². The van der Waals surface area contributed by atoms with Gasteiger partial charge >= 0.3 is 0 Å². The van der Waals surface area contributed by atoms with Crippen molar-refractivity contribution in [2.24, 2.45) is 0 Å². The number of unbranched alkanes of at least 4 members (excludes halogenated alkanes) is 5. The molecule has 2 aliphatic rings. The highest BCUT2D eigenvalue weighted by molar-refractivity contribution is 4.92. The first kappa shape index (κ1) is 18.1. The summed E-state index contributed by atoms with van der Waals surface area (Å²) in [4.78, 5) is 0. The van der Waals surface area contributed by atoms with Crippen LogP contribution < -0.4 is 0 Å². The molecule has 0 aromatic rings. The van der Waals surface area contributed by atoms with Gasteiger partial charge in [0.25, 0.3) is 0 Å². The van der Waals surface area contributed by atoms with E-state index in [0.717, 1.165) is 12.8 Å². The van der Waals surface area contributed by atoms with E-state index in [1.807, 2.05) is 0 Å². The van der Waals surface area contributed by atoms with Crippen molar-refractivity contribution in [2.45, 2.75) is 88.9 Å². The number of hydrogen-bond acceptors (Lipinski definition) is 6. The lowest BCUT2D eigenvalue weighted by atomic mass is 9.98. The Balaban J connectivity index is 1.71. The second kappa shape index (κ2) is 9.15. The number of methoxy groups -OCH3 is 1. The molecule has 0 aromatic heterocycles. The molecule has 2 saturated heterocycles. The standard InChI is InChI=1S/C16H30O6/c1-3-4-5-6-7-8-9-12-20-10-11-15(22-12)13(17)14(18)16(19-2)21-11/h11-18H,3-10H2,1-2H3/t11-,12?,13-,14-,15+,16+/m1/s1. The third-order valence-electron chi connectivity index (χ3n) is 4.42. The van der Waals surface area contributed by atoms with Crippen LogP contribution in [-0.2, 0) is 18.9 Å². The molecule has 0 aliphatic carbocycles. The zero-order chi connectivity index (χ0) is 15.9. The smallest absolute Gasteiger partial charge is 0.186 e. The quantitative estimate of drug-likeness (QED) is 0.662. The van der Waals surface area contributed by atoms with Crippen LogP contribution >= 0.6 is 0 Å². The van der Waals surface area contributed by atoms with Gasteiger partial charge in [0.05, 0.1) is 6.61 Å². The second-order valence-electron chi connectivity index (χ2n) is 6.18. The normalized spacial score (nSPS) is 38.7. The Morgan fingerprint density at radius 2 is 1.73 bits per heavy atom. The molecule has 2 aliphatic heterocycles. The van der Waals surface area contributed by atoms with E-state index in [-0.39, 0.29) is 6.29 Å². The summed E-state index contributed by atoms with van der Waals surface area (Å²) in [6, 6.07) is 0. The number of fused-ring (bicyclic) bond motifs is 1. The Hall–Kier alpha value is -0.240. The van der Waals surface area contributed by atoms with Crippen LogP contribution in [0.1, 0.15) is 51.9 Å². The summed E-state index contributed by atoms with van der Waals surface area (Å²) in [5, 5.41) is 20.1. The summed E-state index contributed by atoms with van der Waals surface area (Å²) in [5.41, 5.74) is 0. The molecule has 2 fully saturated rings. The Morgan fingerprint density at radius 1 is 1.00 bits per heavy atom. The van der Waals surface area contributed by atoms with Crippen LogP contribution in [0, 0.1) is 0 Å². The molecule has 6 atom stereocenters. The van der Waals surface area contributed by atoms with Crippen LogP contribution in [0.4, 0.5) is 0 Å². The third kappa shape index (κ3) is 4.63. The van der Waals surface area contributed by atoms with E-state index in [9.17, 15) is 10.2 Å². The molecule has 0 bridgehead atoms. The van der Waals surface area contributed by atoms with E-state index in [2.05, 4.69) is 6.92 Å². The monoisotopic (exact) mass is 318 g/mol. The molecular formula is C16H30O6. The average Bonchev–Trinajstić information content (AvgIpc) is 2.54. The number of aliphatic hydroxyl groups is 2. The molecule has 2 rings (SSSR count). The number of ether oxygens (including phenoxy) is 4. The molecule has 22 heavy (non-hydrogen) atoms. The maximum Gasteiger partial charge on any atom is 0.186 e. The van der Waals surface area contributed by atoms with Crippen LogP contribution in [-0.4, -0.2) is 60.9 Å². The fourth-order valence-electron chi connectivity index (χ4n) is 3.06. The molecule has 0 radical (unpaired) electrons. The molecule has 2 N–H and O–H groups in total. The van der Waals surface area contributed by atoms with Crippen molar-refractivity contribution in [2.75, 3.05) is 13.7 Å². The van der Waals surface area contributed by atoms with Gasteiger partial charge in [-0.25, -0.2) is 0 Å². The van der Waals surface area contributed by atoms with Crippen molar-refractivity contribution < 1.29 is 29.2 Å². The first-order valence-corrected chi connectivity index (χ1v) is 8.48. The van der Waals surface area contributed by atoms with Crippen molar-refractivity contribution in [1.29, 1.82) is 0 Å². The van der Waals surface area contributed by atoms with Crippen molar-refractivity contribution in [1.82, 2.24) is 0 Å². The molecule has 6 nitrogen and oxygen atoms in total. The molecule has 0 amide bonds. The summed E-state index contributed by atoms with van der Waals surface area (Å²) in [6.07, 6.45) is 3.88. The molecule has 0 aromatic carbocycles. The van der Waals surface area contributed by atoms with Crippen LogP contribution in [0.15, 0.2) is 0 Å². The van der Waals surface area contributed by atoms with Gasteiger partial charge < -0.3 is 29.2 Å². The SMILES string of the molecule is CCCCCCCCC1OC[C@H]2O[C@H](OC)[C@H](O)[C@@H](O)[C@H]2O1. The highest BCUT2D eigenvalue weighted by Gasteiger charge is 2.48. The van der Waals surface area contributed by atoms with Crippen LogP contribution in [0.2, 0.25) is 0 Å². The van der Waals surface area contributed by atoms with Gasteiger partial charge in [-0.1, -0.05) is 39.0 Å². The van der Waals surface area contributed by atoms with E-state index in [0.29, 0.717) is 6.61 Å². The molecule has 130 valence electrons. The number of rotatable bonds is 8. The average molecular weight is 318 g/mol. The van der Waals surface area contributed by atoms with Gasteiger partial charge in [0, 0.05) is 7.11 Å². The zero-order valence-electron chi connectivity index (χ0n) is 13.6. The van der Waals surface area contributed by atoms with E-state index < -0.39 is 30.7 Å². The zero-order valence-corrected chi connectivity index (χ0v) is 13.6. The van der Waals surface area contributed by atoms with Gasteiger partial charge in [-0.2, -0.15) is 0 Å². The summed E-state index contributed by atoms with van der Waals surface area (Å²) in [5.74, 6) is 0. The lowest BCUT2D eigenvalue weighted by molar-refractivity contribution is -0.356. The predicted octanol–water partition coefficient (Wildman–Crippen LogP) is 1.57. The van der Waals surface area contributed by atoms with Gasteiger partial charge in [0.2, 0.25) is 0 Å². The molecule has 6 heteroatoms. The first-order chi connectivity index (χ1) is 10.7. The van der Waals surface area contributed by atoms with Crippen molar-refractivity contribution >= 4 is 0 Å². The fraction of sp³-hybridized carbons (Fsp3) is 1.00. The summed E-state index contributed by atoms with van der Waals surface area (Å²) in [6.45, 7) is 2.56. The molecule has 0 saturated carbocycles. The van der Waals surface area contributed by atoms with Crippen LogP contribution in [0.3, 0.4) is 0 Å². The maximum absolute atomic E-state index is 10.2. The topological polar surface area (TPSA) is 77.4 Å². The van der Waals surface area contributed by atoms with Crippen molar-refractivity contribution in [3.63, 3.8) is 0 Å². The van der Waals surface area contributed by atoms with E-state index in [1.54, 1.807) is 0 Å². The Kier molecular flexibility index (Phi) is 7.53. The lowest BCUT2D eigenvalue weighted by Crippen LogP contribution is -2.63. The van der Waals surface area contributed by atoms with Gasteiger partial charge in [0.1, 0.15) is 24.4 Å². The van der Waals surface area contributed by atoms with Gasteiger partial charge in [-0.05, 0) is 12.8 Å². The Bertz CT molecular complexity index is 311. The van der Waals surface area contributed by atoms with Crippen molar-refractivity contribution in [3.8, 4) is 0 Å². The summed E-state index contributed by atoms with van der Waals surface area (Å²) >= 11 is 0. The lowest BCUT2D eigenvalue weighted by Gasteiger charge is -2.45. The number of aliphatic hydroxyl groups excluding tert-OH is 2. The van der Waals surface area contributed by atoms with Gasteiger partial charge in [-0.15, -0.1) is 0 Å². The predicted molar refractivity (Wildman–Crippen MR) is 80.3 cm³/mol. The molecule has 0 spiro atoms. The minimum atomic E-state index is -1.10. The van der Waals surface area contributed by atoms with E-state index in [4.69, 9.17) is 18.9 Å². The minimum Gasteiger partial charge on any atom is -0.387 e. The van der Waals surface area contributed by atoms with Crippen LogP contribution in [0.5, 0.6) is 0 Å². The van der Waals surface area contributed by atoms with E-state index >= 15 is 0 Å². The minimum absolute atomic E-state index is 0.322. The molecular weight excluding hydrogens is 288 g/mol. The largest absolute Gasteiger partial charge is 0.387 e. The highest BCUT2D eigenvalue weighted by atomic mass is 16.7. The first-order valence-electron chi connectivity index (χ1n) is 8.48. The van der Waals surface area contributed by atoms with Gasteiger partial charge in [0.15, 0.2) is 12.6 Å². The molecule has 2 heterocycles. The third-order valence-corrected chi connectivity index (χ3v) is 4.42. The maximum atomic E-state index is 10.2. The fourth-order valence-corrected chi connectivity index (χ4v) is 3.06. The summed E-state index contributed by atoms with van der Waals surface area (Å²) < 4.78 is 22.0. The number of hydrogen-bond donors (Lipinski definition) is 2. The second-order valence-corrected chi connectivity index (χ2v) is 6.18. The highest BCUT2D eigenvalue weighted by Crippen LogP contribution is 2.30. The van der Waals surface area contributed by atoms with Gasteiger partial charge in [-0.3, -0.25) is 0 Å². The Labute approximate surface area is 132 Å². The van der Waals surface area contributed by atoms with Crippen LogP contribution in [0.25, 0.3) is 0 Å². The summed E-state index contributed by atoms with van der Waals surface area (Å²) in [7, 11) is 1.44.